The van der Waals surface area contributed by atoms with E-state index in [-0.39, 0.29) is 48.6 Å². The van der Waals surface area contributed by atoms with Crippen molar-refractivity contribution in [2.24, 2.45) is 27.2 Å². The van der Waals surface area contributed by atoms with Crippen LogP contribution >= 0.6 is 0 Å². The third-order valence-corrected chi connectivity index (χ3v) is 12.9. The highest BCUT2D eigenvalue weighted by atomic mass is 16.5. The zero-order chi connectivity index (χ0) is 45.5. The fourth-order valence-corrected chi connectivity index (χ4v) is 9.83. The number of esters is 1. The Kier molecular flexibility index (Phi) is 15.2. The molecule has 2 N–H and O–H groups in total. The fraction of sp³-hybridized carbons (Fsp3) is 0.549. The molecule has 7 rings (SSSR count). The van der Waals surface area contributed by atoms with Gasteiger partial charge in [-0.05, 0) is 103 Å². The number of aryl methyl sites for hydroxylation is 1. The Hall–Kier alpha value is -5.20. The van der Waals surface area contributed by atoms with Crippen molar-refractivity contribution in [3.8, 4) is 22.4 Å². The number of methoxy groups -OCH3 is 1. The molecule has 4 aromatic rings. The number of nitrogens with zero attached hydrogens (tertiary/aromatic N) is 6. The third kappa shape index (κ3) is 10.7. The average Bonchev–Trinajstić information content (AvgIpc) is 3.87. The second-order valence-corrected chi connectivity index (χ2v) is 19.3. The molecule has 342 valence electrons. The number of aliphatic imine (C=N–C) groups is 2. The summed E-state index contributed by atoms with van der Waals surface area (Å²) >= 11 is 0. The number of hydrazine groups is 1. The van der Waals surface area contributed by atoms with Crippen molar-refractivity contribution in [2.45, 2.75) is 111 Å². The Morgan fingerprint density at radius 2 is 1.86 bits per heavy atom. The number of nitrogens with one attached hydrogen (secondary N) is 2. The van der Waals surface area contributed by atoms with Crippen molar-refractivity contribution in [1.29, 1.82) is 0 Å². The maximum atomic E-state index is 14.7. The number of cyclic esters (lactones) is 1. The average molecular weight is 873 g/mol. The van der Waals surface area contributed by atoms with Gasteiger partial charge in [0.25, 0.3) is 5.91 Å². The smallest absolute Gasteiger partial charge is 0.324 e. The molecule has 3 aliphatic heterocycles. The predicted octanol–water partition coefficient (Wildman–Crippen LogP) is 7.33. The number of hydrogen-bond donors (Lipinski definition) is 2. The van der Waals surface area contributed by atoms with E-state index in [9.17, 15) is 14.4 Å². The van der Waals surface area contributed by atoms with Gasteiger partial charge in [-0.25, -0.2) is 15.4 Å². The van der Waals surface area contributed by atoms with Gasteiger partial charge < -0.3 is 19.4 Å². The van der Waals surface area contributed by atoms with Crippen LogP contribution in [-0.4, -0.2) is 114 Å². The minimum absolute atomic E-state index is 0.00924. The van der Waals surface area contributed by atoms with Gasteiger partial charge in [0, 0.05) is 61.2 Å². The molecule has 3 aliphatic rings. The molecular formula is C51H68N8O5. The van der Waals surface area contributed by atoms with Crippen LogP contribution in [0.15, 0.2) is 70.8 Å². The first-order chi connectivity index (χ1) is 30.8. The van der Waals surface area contributed by atoms with Gasteiger partial charge in [-0.1, -0.05) is 71.9 Å². The summed E-state index contributed by atoms with van der Waals surface area (Å²) in [6, 6.07) is 20.0. The Morgan fingerprint density at radius 3 is 2.62 bits per heavy atom. The molecule has 2 aromatic carbocycles. The molecular weight excluding hydrogens is 805 g/mol. The van der Waals surface area contributed by atoms with Crippen molar-refractivity contribution in [3.63, 3.8) is 0 Å². The van der Waals surface area contributed by atoms with Gasteiger partial charge in [0.1, 0.15) is 12.1 Å². The highest BCUT2D eigenvalue weighted by Crippen LogP contribution is 2.42. The number of ether oxygens (including phenoxy) is 2. The molecule has 0 saturated carbocycles. The van der Waals surface area contributed by atoms with E-state index < -0.39 is 23.5 Å². The molecule has 0 spiro atoms. The topological polar surface area (TPSA) is 143 Å². The summed E-state index contributed by atoms with van der Waals surface area (Å²) < 4.78 is 13.6. The Balaban J connectivity index is 1.25. The van der Waals surface area contributed by atoms with Gasteiger partial charge in [0.15, 0.2) is 0 Å². The Bertz CT molecular complexity index is 2360. The second-order valence-electron chi connectivity index (χ2n) is 19.3. The Labute approximate surface area is 379 Å². The van der Waals surface area contributed by atoms with E-state index in [1.165, 1.54) is 10.6 Å². The summed E-state index contributed by atoms with van der Waals surface area (Å²) in [5.74, 6) is -0.373. The molecule has 0 unspecified atom stereocenters. The van der Waals surface area contributed by atoms with Crippen LogP contribution in [0.25, 0.3) is 33.3 Å². The summed E-state index contributed by atoms with van der Waals surface area (Å²) in [6.07, 6.45) is 4.86. The molecule has 5 heterocycles. The quantitative estimate of drug-likeness (QED) is 0.0857. The number of fused-ring (bicyclic) bond motifs is 6. The lowest BCUT2D eigenvalue weighted by molar-refractivity contribution is -0.155. The lowest BCUT2D eigenvalue weighted by Crippen LogP contribution is -2.62. The van der Waals surface area contributed by atoms with Gasteiger partial charge >= 0.3 is 5.97 Å². The van der Waals surface area contributed by atoms with E-state index in [2.05, 4.69) is 121 Å². The van der Waals surface area contributed by atoms with Gasteiger partial charge in [0.05, 0.1) is 49.7 Å². The zero-order valence-electron chi connectivity index (χ0n) is 39.2. The highest BCUT2D eigenvalue weighted by Gasteiger charge is 2.39. The van der Waals surface area contributed by atoms with Gasteiger partial charge in [0.2, 0.25) is 5.91 Å². The highest BCUT2D eigenvalue weighted by molar-refractivity contribution is 5.95. The minimum atomic E-state index is -0.889. The number of aromatic nitrogens is 2. The normalized spacial score (nSPS) is 21.1. The molecule has 13 heteroatoms. The minimum Gasteiger partial charge on any atom is -0.464 e. The standard InChI is InChI=1S/C51H68N8O5/c1-9-58-44-18-17-38-27-40(44)41(47(58)39-15-11-20-54-45(39)33(2)3)28-51(6,7)31-64-50(62)42-16-12-22-59(56-42)49(61)43(26-35-13-10-14-37(38)25-35)55-48(60)46(34(4)5)57-23-19-36(30-57)29-53-32-52-21-24-63-8/h10-11,13-15,17-18,20,25,27,33-34,36,42-43,46,56H,9,12,16,19,21-24,26,28-31H2,1-8H3,(H,55,60)/t36-,42-,43-,46-/m0/s1. The lowest BCUT2D eigenvalue weighted by atomic mass is 9.83. The van der Waals surface area contributed by atoms with Crippen molar-refractivity contribution >= 4 is 34.7 Å². The summed E-state index contributed by atoms with van der Waals surface area (Å²) in [5, 5.41) is 5.91. The maximum absolute atomic E-state index is 14.7. The number of rotatable bonds is 12. The second kappa shape index (κ2) is 20.7. The number of benzene rings is 2. The van der Waals surface area contributed by atoms with Crippen LogP contribution in [-0.2, 0) is 43.2 Å². The number of hydrogen-bond acceptors (Lipinski definition) is 10. The van der Waals surface area contributed by atoms with E-state index in [0.717, 1.165) is 64.1 Å². The predicted molar refractivity (Wildman–Crippen MR) is 252 cm³/mol. The SMILES string of the molecule is CCn1c(-c2cccnc2C(C)C)c2c3cc(ccc31)-c1cccc(c1)C[C@H](NC(=O)[C@H](C(C)C)N1CC[C@@H](CN=C=NCCOC)C1)C(=O)N1CCC[C@H](N1)C(=O)OCC(C)(C)C2. The maximum Gasteiger partial charge on any atom is 0.324 e. The summed E-state index contributed by atoms with van der Waals surface area (Å²) in [6.45, 7) is 19.4. The summed E-state index contributed by atoms with van der Waals surface area (Å²) in [4.78, 5) is 58.8. The van der Waals surface area contributed by atoms with Crippen LogP contribution in [0, 0.1) is 17.3 Å². The van der Waals surface area contributed by atoms with Crippen LogP contribution in [0.4, 0.5) is 0 Å². The molecule has 2 fully saturated rings. The van der Waals surface area contributed by atoms with Crippen LogP contribution < -0.4 is 10.7 Å². The number of likely N-dealkylation sites (tertiary alicyclic amines) is 1. The fourth-order valence-electron chi connectivity index (χ4n) is 9.83. The molecule has 2 aromatic heterocycles. The number of carbonyl (C=O) groups is 3. The van der Waals surface area contributed by atoms with E-state index in [1.54, 1.807) is 7.11 Å². The third-order valence-electron chi connectivity index (χ3n) is 12.9. The van der Waals surface area contributed by atoms with E-state index in [4.69, 9.17) is 14.5 Å². The monoisotopic (exact) mass is 873 g/mol. The molecule has 4 atom stereocenters. The first kappa shape index (κ1) is 46.8. The first-order valence-electron chi connectivity index (χ1n) is 23.3. The Morgan fingerprint density at radius 1 is 1.05 bits per heavy atom. The molecule has 0 aliphatic carbocycles. The molecule has 2 amide bonds. The van der Waals surface area contributed by atoms with Crippen molar-refractivity contribution < 1.29 is 23.9 Å². The van der Waals surface area contributed by atoms with Crippen LogP contribution in [0.1, 0.15) is 90.5 Å². The number of pyridine rings is 1. The van der Waals surface area contributed by atoms with Crippen LogP contribution in [0.2, 0.25) is 0 Å². The molecule has 13 nitrogen and oxygen atoms in total. The largest absolute Gasteiger partial charge is 0.464 e. The zero-order valence-corrected chi connectivity index (χ0v) is 39.2. The van der Waals surface area contributed by atoms with Gasteiger partial charge in [-0.3, -0.25) is 29.3 Å². The molecule has 0 radical (unpaired) electrons. The molecule has 6 bridgehead atoms. The summed E-state index contributed by atoms with van der Waals surface area (Å²) in [7, 11) is 1.64. The van der Waals surface area contributed by atoms with Crippen LogP contribution in [0.5, 0.6) is 0 Å². The van der Waals surface area contributed by atoms with Crippen molar-refractivity contribution in [3.05, 3.63) is 77.6 Å². The molecule has 64 heavy (non-hydrogen) atoms. The first-order valence-corrected chi connectivity index (χ1v) is 23.3. The number of amides is 2. The van der Waals surface area contributed by atoms with Crippen LogP contribution in [0.3, 0.4) is 0 Å². The lowest BCUT2D eigenvalue weighted by Gasteiger charge is -2.36. The van der Waals surface area contributed by atoms with Gasteiger partial charge in [-0.2, -0.15) is 0 Å². The molecule has 2 saturated heterocycles. The van der Waals surface area contributed by atoms with E-state index in [1.807, 2.05) is 24.4 Å². The van der Waals surface area contributed by atoms with Gasteiger partial charge in [-0.15, -0.1) is 0 Å². The van der Waals surface area contributed by atoms with E-state index in [0.29, 0.717) is 52.0 Å². The number of carbonyl (C=O) groups excluding carboxylic acids is 3. The van der Waals surface area contributed by atoms with Crippen molar-refractivity contribution in [1.82, 2.24) is 30.2 Å². The van der Waals surface area contributed by atoms with Crippen molar-refractivity contribution in [2.75, 3.05) is 53.0 Å². The van der Waals surface area contributed by atoms with E-state index >= 15 is 0 Å². The summed E-state index contributed by atoms with van der Waals surface area (Å²) in [5.41, 5.74) is 11.4.